The molecule has 0 saturated heterocycles. The molecule has 128 valence electrons. The minimum Gasteiger partial charge on any atom is -0.490 e. The van der Waals surface area contributed by atoms with Crippen LogP contribution in [-0.4, -0.2) is 17.0 Å². The van der Waals surface area contributed by atoms with Crippen molar-refractivity contribution in [3.05, 3.63) is 58.9 Å². The third-order valence-electron chi connectivity index (χ3n) is 4.45. The van der Waals surface area contributed by atoms with Crippen LogP contribution < -0.4 is 10.1 Å². The lowest BCUT2D eigenvalue weighted by Gasteiger charge is -2.16. The monoisotopic (exact) mass is 335 g/mol. The molecule has 1 heterocycles. The quantitative estimate of drug-likeness (QED) is 0.907. The highest BCUT2D eigenvalue weighted by molar-refractivity contribution is 5.92. The highest BCUT2D eigenvalue weighted by atomic mass is 16.5. The van der Waals surface area contributed by atoms with E-state index in [9.17, 15) is 4.79 Å². The topological polar surface area (TPSA) is 75.0 Å². The molecule has 5 nitrogen and oxygen atoms in total. The molecule has 1 aromatic carbocycles. The van der Waals surface area contributed by atoms with E-state index in [1.54, 1.807) is 19.1 Å². The summed E-state index contributed by atoms with van der Waals surface area (Å²) in [6, 6.07) is 13.0. The minimum absolute atomic E-state index is 0.261. The zero-order valence-corrected chi connectivity index (χ0v) is 14.3. The predicted octanol–water partition coefficient (Wildman–Crippen LogP) is 3.51. The number of carbonyl (C=O) groups excluding carboxylic acids is 1. The molecular formula is C20H21N3O2. The molecule has 1 saturated carbocycles. The van der Waals surface area contributed by atoms with Crippen LogP contribution in [0.1, 0.15) is 53.0 Å². The largest absolute Gasteiger partial charge is 0.490 e. The molecule has 0 atom stereocenters. The van der Waals surface area contributed by atoms with Crippen molar-refractivity contribution in [1.29, 1.82) is 5.26 Å². The second-order valence-corrected chi connectivity index (χ2v) is 6.26. The zero-order valence-electron chi connectivity index (χ0n) is 14.3. The maximum atomic E-state index is 12.3. The van der Waals surface area contributed by atoms with Gasteiger partial charge < -0.3 is 10.1 Å². The number of hydrogen-bond donors (Lipinski definition) is 1. The van der Waals surface area contributed by atoms with E-state index in [1.165, 1.54) is 12.8 Å². The average molecular weight is 335 g/mol. The zero-order chi connectivity index (χ0) is 17.6. The van der Waals surface area contributed by atoms with Crippen LogP contribution in [0.2, 0.25) is 0 Å². The van der Waals surface area contributed by atoms with Crippen LogP contribution in [0.4, 0.5) is 0 Å². The molecule has 0 radical (unpaired) electrons. The van der Waals surface area contributed by atoms with Gasteiger partial charge in [-0.05, 0) is 50.8 Å². The molecule has 1 aromatic heterocycles. The molecule has 1 fully saturated rings. The van der Waals surface area contributed by atoms with Gasteiger partial charge in [-0.2, -0.15) is 5.26 Å². The average Bonchev–Trinajstić information content (AvgIpc) is 3.13. The first-order valence-corrected chi connectivity index (χ1v) is 8.58. The summed E-state index contributed by atoms with van der Waals surface area (Å²) in [4.78, 5) is 16.5. The van der Waals surface area contributed by atoms with Gasteiger partial charge >= 0.3 is 0 Å². The number of aromatic nitrogens is 1. The number of nitrogens with one attached hydrogen (secondary N) is 1. The van der Waals surface area contributed by atoms with E-state index in [1.807, 2.05) is 24.3 Å². The van der Waals surface area contributed by atoms with Crippen LogP contribution >= 0.6 is 0 Å². The molecule has 1 amide bonds. The Morgan fingerprint density at radius 1 is 1.28 bits per heavy atom. The number of rotatable bonds is 5. The van der Waals surface area contributed by atoms with E-state index in [4.69, 9.17) is 10.00 Å². The lowest BCUT2D eigenvalue weighted by Crippen LogP contribution is -2.24. The van der Waals surface area contributed by atoms with Gasteiger partial charge in [0.2, 0.25) is 0 Å². The Morgan fingerprint density at radius 3 is 2.76 bits per heavy atom. The third kappa shape index (κ3) is 4.16. The van der Waals surface area contributed by atoms with E-state index in [2.05, 4.69) is 16.4 Å². The number of amides is 1. The molecule has 1 N–H and O–H groups in total. The van der Waals surface area contributed by atoms with Crippen LogP contribution in [0.5, 0.6) is 5.75 Å². The summed E-state index contributed by atoms with van der Waals surface area (Å²) in [7, 11) is 0. The maximum Gasteiger partial charge on any atom is 0.270 e. The Bertz CT molecular complexity index is 805. The van der Waals surface area contributed by atoms with E-state index < -0.39 is 0 Å². The summed E-state index contributed by atoms with van der Waals surface area (Å²) in [5.41, 5.74) is 2.30. The number of nitriles is 1. The Kier molecular flexibility index (Phi) is 5.30. The number of aryl methyl sites for hydroxylation is 1. The Hall–Kier alpha value is -2.87. The smallest absolute Gasteiger partial charge is 0.270 e. The molecule has 5 heteroatoms. The summed E-state index contributed by atoms with van der Waals surface area (Å²) < 4.78 is 6.09. The summed E-state index contributed by atoms with van der Waals surface area (Å²) in [5.74, 6) is 0.571. The number of para-hydroxylation sites is 1. The third-order valence-corrected chi connectivity index (χ3v) is 4.45. The van der Waals surface area contributed by atoms with Crippen LogP contribution in [0.15, 0.2) is 36.4 Å². The molecule has 0 bridgehead atoms. The summed E-state index contributed by atoms with van der Waals surface area (Å²) in [6.45, 7) is 2.10. The van der Waals surface area contributed by atoms with Crippen LogP contribution in [0.3, 0.4) is 0 Å². The number of ether oxygens (including phenoxy) is 1. The van der Waals surface area contributed by atoms with Gasteiger partial charge in [0.1, 0.15) is 17.5 Å². The van der Waals surface area contributed by atoms with Crippen molar-refractivity contribution in [2.75, 3.05) is 0 Å². The van der Waals surface area contributed by atoms with Crippen LogP contribution in [0.25, 0.3) is 0 Å². The Labute approximate surface area is 147 Å². The Morgan fingerprint density at radius 2 is 2.04 bits per heavy atom. The number of carbonyl (C=O) groups is 1. The predicted molar refractivity (Wildman–Crippen MR) is 94.2 cm³/mol. The summed E-state index contributed by atoms with van der Waals surface area (Å²) in [6.07, 6.45) is 4.89. The van der Waals surface area contributed by atoms with Crippen molar-refractivity contribution < 1.29 is 9.53 Å². The molecule has 0 unspecified atom stereocenters. The molecule has 0 spiro atoms. The molecule has 3 rings (SSSR count). The summed E-state index contributed by atoms with van der Waals surface area (Å²) >= 11 is 0. The fourth-order valence-corrected chi connectivity index (χ4v) is 3.02. The molecule has 1 aliphatic rings. The van der Waals surface area contributed by atoms with E-state index >= 15 is 0 Å². The van der Waals surface area contributed by atoms with Crippen LogP contribution in [0, 0.1) is 18.3 Å². The highest BCUT2D eigenvalue weighted by Crippen LogP contribution is 2.26. The van der Waals surface area contributed by atoms with Crippen molar-refractivity contribution in [3.63, 3.8) is 0 Å². The SMILES string of the molecule is Cc1nc(C(=O)NCc2ccccc2OC2CCCC2)ccc1C#N. The fourth-order valence-electron chi connectivity index (χ4n) is 3.02. The second-order valence-electron chi connectivity index (χ2n) is 6.26. The first-order chi connectivity index (χ1) is 12.2. The summed E-state index contributed by atoms with van der Waals surface area (Å²) in [5, 5.41) is 11.8. The van der Waals surface area contributed by atoms with Crippen molar-refractivity contribution in [2.24, 2.45) is 0 Å². The van der Waals surface area contributed by atoms with E-state index in [0.717, 1.165) is 24.2 Å². The van der Waals surface area contributed by atoms with Gasteiger partial charge in [0.25, 0.3) is 5.91 Å². The molecule has 2 aromatic rings. The maximum absolute atomic E-state index is 12.3. The van der Waals surface area contributed by atoms with Crippen molar-refractivity contribution in [1.82, 2.24) is 10.3 Å². The van der Waals surface area contributed by atoms with E-state index in [0.29, 0.717) is 23.5 Å². The number of nitrogens with zero attached hydrogens (tertiary/aromatic N) is 2. The van der Waals surface area contributed by atoms with Gasteiger partial charge in [-0.3, -0.25) is 4.79 Å². The Balaban J connectivity index is 1.66. The van der Waals surface area contributed by atoms with Gasteiger partial charge in [0.05, 0.1) is 17.4 Å². The van der Waals surface area contributed by atoms with Gasteiger partial charge in [-0.25, -0.2) is 4.98 Å². The first kappa shape index (κ1) is 17.0. The van der Waals surface area contributed by atoms with Crippen molar-refractivity contribution in [3.8, 4) is 11.8 Å². The minimum atomic E-state index is -0.261. The molecular weight excluding hydrogens is 314 g/mol. The van der Waals surface area contributed by atoms with Crippen LogP contribution in [-0.2, 0) is 6.54 Å². The molecule has 0 aliphatic heterocycles. The van der Waals surface area contributed by atoms with E-state index in [-0.39, 0.29) is 12.0 Å². The lowest BCUT2D eigenvalue weighted by molar-refractivity contribution is 0.0945. The number of pyridine rings is 1. The first-order valence-electron chi connectivity index (χ1n) is 8.58. The van der Waals surface area contributed by atoms with Gasteiger partial charge in [-0.15, -0.1) is 0 Å². The van der Waals surface area contributed by atoms with Gasteiger partial charge in [0, 0.05) is 12.1 Å². The number of hydrogen-bond acceptors (Lipinski definition) is 4. The van der Waals surface area contributed by atoms with Gasteiger partial charge in [-0.1, -0.05) is 18.2 Å². The standard InChI is InChI=1S/C20H21N3O2/c1-14-15(12-21)10-11-18(23-14)20(24)22-13-16-6-2-5-9-19(16)25-17-7-3-4-8-17/h2,5-6,9-11,17H,3-4,7-8,13H2,1H3,(H,22,24). The second kappa shape index (κ2) is 7.80. The number of benzene rings is 1. The van der Waals surface area contributed by atoms with Crippen molar-refractivity contribution in [2.45, 2.75) is 45.3 Å². The van der Waals surface area contributed by atoms with Gasteiger partial charge in [0.15, 0.2) is 0 Å². The molecule has 1 aliphatic carbocycles. The highest BCUT2D eigenvalue weighted by Gasteiger charge is 2.18. The molecule has 25 heavy (non-hydrogen) atoms. The fraction of sp³-hybridized carbons (Fsp3) is 0.350. The normalized spacial score (nSPS) is 14.1. The lowest BCUT2D eigenvalue weighted by atomic mass is 10.1. The van der Waals surface area contributed by atoms with Crippen molar-refractivity contribution >= 4 is 5.91 Å².